The third-order valence-electron chi connectivity index (χ3n) is 4.15. The highest BCUT2D eigenvalue weighted by Gasteiger charge is 2.33. The molecule has 28 heavy (non-hydrogen) atoms. The summed E-state index contributed by atoms with van der Waals surface area (Å²) in [5.74, 6) is 0.115. The molecule has 0 spiro atoms. The number of benzene rings is 2. The van der Waals surface area contributed by atoms with Crippen LogP contribution in [0.5, 0.6) is 5.75 Å². The van der Waals surface area contributed by atoms with Gasteiger partial charge in [-0.25, -0.2) is 14.5 Å². The summed E-state index contributed by atoms with van der Waals surface area (Å²) < 4.78 is 10.3. The lowest BCUT2D eigenvalue weighted by Gasteiger charge is -2.23. The Balaban J connectivity index is 1.75. The van der Waals surface area contributed by atoms with E-state index in [-0.39, 0.29) is 13.2 Å². The fourth-order valence-electron chi connectivity index (χ4n) is 2.83. The second-order valence-electron chi connectivity index (χ2n) is 6.05. The molecule has 1 saturated heterocycles. The maximum absolute atomic E-state index is 12.6. The van der Waals surface area contributed by atoms with E-state index in [1.807, 2.05) is 43.3 Å². The van der Waals surface area contributed by atoms with Crippen LogP contribution in [0, 0.1) is 0 Å². The highest BCUT2D eigenvalue weighted by Crippen LogP contribution is 2.24. The number of carbonyl (C=O) groups excluding carboxylic acids is 3. The molecule has 1 unspecified atom stereocenters. The smallest absolute Gasteiger partial charge is 0.417 e. The van der Waals surface area contributed by atoms with Crippen molar-refractivity contribution in [3.63, 3.8) is 0 Å². The third kappa shape index (κ3) is 4.59. The number of amides is 4. The van der Waals surface area contributed by atoms with Crippen molar-refractivity contribution in [2.24, 2.45) is 0 Å². The van der Waals surface area contributed by atoms with Gasteiger partial charge in [0, 0.05) is 0 Å². The molecule has 2 N–H and O–H groups in total. The minimum Gasteiger partial charge on any atom is -0.492 e. The van der Waals surface area contributed by atoms with Crippen LogP contribution in [0.25, 0.3) is 0 Å². The molecule has 3 rings (SSSR count). The summed E-state index contributed by atoms with van der Waals surface area (Å²) in [6.07, 6.45) is -0.713. The number of para-hydroxylation sites is 2. The Labute approximate surface area is 162 Å². The lowest BCUT2D eigenvalue weighted by molar-refractivity contribution is -0.126. The van der Waals surface area contributed by atoms with Gasteiger partial charge < -0.3 is 20.1 Å². The monoisotopic (exact) mass is 383 g/mol. The van der Waals surface area contributed by atoms with Gasteiger partial charge in [0.2, 0.25) is 0 Å². The van der Waals surface area contributed by atoms with Gasteiger partial charge in [-0.15, -0.1) is 0 Å². The van der Waals surface area contributed by atoms with Gasteiger partial charge in [0.1, 0.15) is 5.75 Å². The van der Waals surface area contributed by atoms with Gasteiger partial charge in [-0.05, 0) is 24.6 Å². The maximum Gasteiger partial charge on any atom is 0.417 e. The molecule has 1 aliphatic heterocycles. The number of ether oxygens (including phenoxy) is 2. The minimum absolute atomic E-state index is 0.0256. The van der Waals surface area contributed by atoms with Crippen LogP contribution in [0.15, 0.2) is 54.6 Å². The zero-order valence-corrected chi connectivity index (χ0v) is 15.4. The van der Waals surface area contributed by atoms with E-state index in [2.05, 4.69) is 10.6 Å². The normalized spacial score (nSPS) is 14.4. The number of hydrogen-bond acceptors (Lipinski definition) is 5. The van der Waals surface area contributed by atoms with Crippen LogP contribution in [-0.4, -0.2) is 42.7 Å². The fourth-order valence-corrected chi connectivity index (χ4v) is 2.83. The Kier molecular flexibility index (Phi) is 6.11. The van der Waals surface area contributed by atoms with Crippen LogP contribution in [0.2, 0.25) is 0 Å². The van der Waals surface area contributed by atoms with Crippen molar-refractivity contribution < 1.29 is 23.9 Å². The summed E-state index contributed by atoms with van der Waals surface area (Å²) in [5.41, 5.74) is 1.27. The van der Waals surface area contributed by atoms with Gasteiger partial charge >= 0.3 is 12.1 Å². The number of hydrogen-bond donors (Lipinski definition) is 2. The molecule has 0 radical (unpaired) electrons. The quantitative estimate of drug-likeness (QED) is 0.766. The van der Waals surface area contributed by atoms with Gasteiger partial charge in [-0.1, -0.05) is 42.5 Å². The average Bonchev–Trinajstić information content (AvgIpc) is 3.02. The predicted molar refractivity (Wildman–Crippen MR) is 102 cm³/mol. The molecule has 1 atom stereocenters. The summed E-state index contributed by atoms with van der Waals surface area (Å²) in [6, 6.07) is 15.1. The van der Waals surface area contributed by atoms with Crippen LogP contribution in [-0.2, 0) is 9.53 Å². The van der Waals surface area contributed by atoms with Crippen LogP contribution in [0.1, 0.15) is 18.5 Å². The highest BCUT2D eigenvalue weighted by molar-refractivity contribution is 5.98. The number of rotatable bonds is 7. The summed E-state index contributed by atoms with van der Waals surface area (Å²) in [4.78, 5) is 37.2. The number of anilines is 1. The average molecular weight is 383 g/mol. The van der Waals surface area contributed by atoms with E-state index in [1.54, 1.807) is 18.2 Å². The molecule has 2 aromatic carbocycles. The van der Waals surface area contributed by atoms with E-state index in [0.29, 0.717) is 18.0 Å². The molecular formula is C20H21N3O5. The highest BCUT2D eigenvalue weighted by atomic mass is 16.6. The van der Waals surface area contributed by atoms with Gasteiger partial charge in [-0.2, -0.15) is 0 Å². The Bertz CT molecular complexity index is 840. The Hall–Kier alpha value is -3.55. The van der Waals surface area contributed by atoms with Gasteiger partial charge in [0.15, 0.2) is 6.61 Å². The number of nitrogens with one attached hydrogen (secondary N) is 2. The largest absolute Gasteiger partial charge is 0.492 e. The lowest BCUT2D eigenvalue weighted by atomic mass is 10.1. The predicted octanol–water partition coefficient (Wildman–Crippen LogP) is 2.93. The van der Waals surface area contributed by atoms with Crippen molar-refractivity contribution in [1.29, 1.82) is 0 Å². The first-order valence-electron chi connectivity index (χ1n) is 8.90. The summed E-state index contributed by atoms with van der Waals surface area (Å²) in [5, 5.41) is 5.56. The van der Waals surface area contributed by atoms with Crippen LogP contribution < -0.4 is 15.4 Å². The molecule has 0 aromatic heterocycles. The third-order valence-corrected chi connectivity index (χ3v) is 4.15. The summed E-state index contributed by atoms with van der Waals surface area (Å²) >= 11 is 0. The molecule has 0 aliphatic carbocycles. The van der Waals surface area contributed by atoms with Crippen molar-refractivity contribution in [3.8, 4) is 5.75 Å². The Morgan fingerprint density at radius 2 is 1.86 bits per heavy atom. The SMILES string of the molecule is CCOc1ccccc1NC(=O)NC(CN1C(=O)COC1=O)c1ccccc1. The molecule has 1 fully saturated rings. The molecule has 0 saturated carbocycles. The van der Waals surface area contributed by atoms with Gasteiger partial charge in [0.05, 0.1) is 24.9 Å². The first-order chi connectivity index (χ1) is 13.6. The summed E-state index contributed by atoms with van der Waals surface area (Å²) in [7, 11) is 0. The zero-order valence-electron chi connectivity index (χ0n) is 15.4. The summed E-state index contributed by atoms with van der Waals surface area (Å²) in [6.45, 7) is 2.01. The molecule has 4 amide bonds. The maximum atomic E-state index is 12.6. The van der Waals surface area contributed by atoms with Gasteiger partial charge in [0.25, 0.3) is 5.91 Å². The molecular weight excluding hydrogens is 362 g/mol. The second-order valence-corrected chi connectivity index (χ2v) is 6.05. The van der Waals surface area contributed by atoms with E-state index in [4.69, 9.17) is 9.47 Å². The van der Waals surface area contributed by atoms with Crippen LogP contribution in [0.4, 0.5) is 15.3 Å². The Morgan fingerprint density at radius 3 is 2.54 bits per heavy atom. The molecule has 1 heterocycles. The second kappa shape index (κ2) is 8.90. The molecule has 8 nitrogen and oxygen atoms in total. The van der Waals surface area contributed by atoms with Crippen LogP contribution >= 0.6 is 0 Å². The van der Waals surface area contributed by atoms with Crippen molar-refractivity contribution >= 4 is 23.7 Å². The van der Waals surface area contributed by atoms with Crippen molar-refractivity contribution in [2.45, 2.75) is 13.0 Å². The van der Waals surface area contributed by atoms with E-state index in [0.717, 1.165) is 10.5 Å². The standard InChI is InChI=1S/C20H21N3O5/c1-2-27-17-11-7-6-10-15(17)21-19(25)22-16(14-8-4-3-5-9-14)12-23-18(24)13-28-20(23)26/h3-11,16H,2,12-13H2,1H3,(H2,21,22,25). The number of carbonyl (C=O) groups is 3. The number of cyclic esters (lactones) is 1. The first-order valence-corrected chi connectivity index (χ1v) is 8.90. The minimum atomic E-state index is -0.713. The van der Waals surface area contributed by atoms with Crippen molar-refractivity contribution in [3.05, 3.63) is 60.2 Å². The molecule has 8 heteroatoms. The Morgan fingerprint density at radius 1 is 1.14 bits per heavy atom. The van der Waals surface area contributed by atoms with Crippen LogP contribution in [0.3, 0.4) is 0 Å². The number of urea groups is 1. The first kappa shape index (κ1) is 19.2. The fraction of sp³-hybridized carbons (Fsp3) is 0.250. The molecule has 2 aromatic rings. The van der Waals surface area contributed by atoms with E-state index >= 15 is 0 Å². The number of nitrogens with zero attached hydrogens (tertiary/aromatic N) is 1. The van der Waals surface area contributed by atoms with Crippen molar-refractivity contribution in [2.75, 3.05) is 25.1 Å². The van der Waals surface area contributed by atoms with E-state index in [9.17, 15) is 14.4 Å². The molecule has 146 valence electrons. The van der Waals surface area contributed by atoms with Crippen molar-refractivity contribution in [1.82, 2.24) is 10.2 Å². The molecule has 0 bridgehead atoms. The van der Waals surface area contributed by atoms with Gasteiger partial charge in [-0.3, -0.25) is 4.79 Å². The molecule has 1 aliphatic rings. The van der Waals surface area contributed by atoms with E-state index < -0.39 is 24.1 Å². The van der Waals surface area contributed by atoms with E-state index in [1.165, 1.54) is 0 Å². The lowest BCUT2D eigenvalue weighted by Crippen LogP contribution is -2.41. The topological polar surface area (TPSA) is 97.0 Å². The zero-order chi connectivity index (χ0) is 19.9. The number of imide groups is 1.